The van der Waals surface area contributed by atoms with Crippen molar-refractivity contribution in [2.45, 2.75) is 13.8 Å². The van der Waals surface area contributed by atoms with Crippen LogP contribution in [0.1, 0.15) is 13.8 Å². The van der Waals surface area contributed by atoms with E-state index in [1.165, 1.54) is 0 Å². The molecule has 1 amide bonds. The molecule has 0 radical (unpaired) electrons. The Morgan fingerprint density at radius 3 is 2.58 bits per heavy atom. The van der Waals surface area contributed by atoms with E-state index in [-0.39, 0.29) is 0 Å². The third-order valence-corrected chi connectivity index (χ3v) is 1.11. The van der Waals surface area contributed by atoms with E-state index in [1.54, 1.807) is 24.3 Å². The van der Waals surface area contributed by atoms with Crippen LogP contribution in [-0.2, 0) is 4.79 Å². The molecule has 3 N–H and O–H groups in total. The van der Waals surface area contributed by atoms with Crippen LogP contribution in [0.4, 0.5) is 11.4 Å². The summed E-state index contributed by atoms with van der Waals surface area (Å²) in [6.07, 6.45) is 0.620. The second-order valence-electron chi connectivity index (χ2n) is 1.89. The summed E-state index contributed by atoms with van der Waals surface area (Å²) in [5, 5.41) is 2.49. The fourth-order valence-electron chi connectivity index (χ4n) is 0.696. The van der Waals surface area contributed by atoms with Gasteiger partial charge in [-0.1, -0.05) is 19.9 Å². The van der Waals surface area contributed by atoms with Gasteiger partial charge in [-0.05, 0) is 18.2 Å². The number of nitrogens with one attached hydrogen (secondary N) is 1. The number of carbonyl (C=O) groups is 1. The van der Waals surface area contributed by atoms with Crippen LogP contribution in [0.3, 0.4) is 0 Å². The molecule has 0 unspecified atom stereocenters. The number of carbonyl (C=O) groups excluding carboxylic acids is 1. The molecule has 0 saturated carbocycles. The molecule has 0 aliphatic rings. The third-order valence-electron chi connectivity index (χ3n) is 1.11. The van der Waals surface area contributed by atoms with Gasteiger partial charge in [0.25, 0.3) is 0 Å². The molecule has 3 nitrogen and oxygen atoms in total. The predicted molar refractivity (Wildman–Crippen MR) is 51.9 cm³/mol. The number of amides is 1. The van der Waals surface area contributed by atoms with Crippen LogP contribution in [0.15, 0.2) is 24.3 Å². The summed E-state index contributed by atoms with van der Waals surface area (Å²) in [5.41, 5.74) is 6.80. The minimum Gasteiger partial charge on any atom is -0.399 e. The Hall–Kier alpha value is -1.51. The van der Waals surface area contributed by atoms with Crippen molar-refractivity contribution >= 4 is 17.8 Å². The quantitative estimate of drug-likeness (QED) is 0.520. The van der Waals surface area contributed by atoms with Gasteiger partial charge in [0.15, 0.2) is 0 Å². The summed E-state index contributed by atoms with van der Waals surface area (Å²) in [5.74, 6) is 0. The molecule has 0 aromatic heterocycles. The number of nitrogens with two attached hydrogens (primary N) is 1. The lowest BCUT2D eigenvalue weighted by molar-refractivity contribution is -0.105. The van der Waals surface area contributed by atoms with Gasteiger partial charge in [0, 0.05) is 11.4 Å². The monoisotopic (exact) mass is 166 g/mol. The number of hydrogen-bond donors (Lipinski definition) is 2. The van der Waals surface area contributed by atoms with Crippen molar-refractivity contribution in [3.63, 3.8) is 0 Å². The number of hydrogen-bond acceptors (Lipinski definition) is 2. The number of benzene rings is 1. The molecule has 0 bridgehead atoms. The van der Waals surface area contributed by atoms with Gasteiger partial charge in [0.05, 0.1) is 0 Å². The Morgan fingerprint density at radius 2 is 2.08 bits per heavy atom. The molecule has 0 aliphatic carbocycles. The Balaban J connectivity index is 0.000000561. The molecular formula is C9H14N2O. The van der Waals surface area contributed by atoms with Crippen molar-refractivity contribution < 1.29 is 4.79 Å². The number of rotatable bonds is 2. The highest BCUT2D eigenvalue weighted by molar-refractivity contribution is 5.72. The van der Waals surface area contributed by atoms with Crippen LogP contribution in [0.25, 0.3) is 0 Å². The second kappa shape index (κ2) is 6.22. The van der Waals surface area contributed by atoms with Gasteiger partial charge in [-0.2, -0.15) is 0 Å². The van der Waals surface area contributed by atoms with Crippen molar-refractivity contribution in [1.29, 1.82) is 0 Å². The van der Waals surface area contributed by atoms with Crippen LogP contribution in [-0.4, -0.2) is 6.41 Å². The standard InChI is InChI=1S/C7H8N2O.C2H6/c8-6-2-1-3-7(4-6)9-5-10;1-2/h1-5H,8H2,(H,9,10);1-2H3. The predicted octanol–water partition coefficient (Wildman–Crippen LogP) is 1.86. The van der Waals surface area contributed by atoms with Crippen LogP contribution in [0, 0.1) is 0 Å². The molecule has 12 heavy (non-hydrogen) atoms. The summed E-state index contributed by atoms with van der Waals surface area (Å²) in [6, 6.07) is 7.00. The van der Waals surface area contributed by atoms with E-state index >= 15 is 0 Å². The number of nitrogen functional groups attached to an aromatic ring is 1. The van der Waals surface area contributed by atoms with E-state index < -0.39 is 0 Å². The minimum atomic E-state index is 0.620. The molecule has 0 saturated heterocycles. The Kier molecular flexibility index (Phi) is 5.43. The van der Waals surface area contributed by atoms with Crippen molar-refractivity contribution in [3.8, 4) is 0 Å². The zero-order valence-corrected chi connectivity index (χ0v) is 7.37. The van der Waals surface area contributed by atoms with E-state index in [4.69, 9.17) is 5.73 Å². The first-order valence-corrected chi connectivity index (χ1v) is 3.88. The van der Waals surface area contributed by atoms with Crippen molar-refractivity contribution in [2.75, 3.05) is 11.1 Å². The van der Waals surface area contributed by atoms with Gasteiger partial charge < -0.3 is 11.1 Å². The minimum absolute atomic E-state index is 0.620. The third kappa shape index (κ3) is 3.61. The lowest BCUT2D eigenvalue weighted by atomic mass is 10.3. The maximum atomic E-state index is 9.93. The van der Waals surface area contributed by atoms with Crippen LogP contribution >= 0.6 is 0 Å². The average molecular weight is 166 g/mol. The first-order valence-electron chi connectivity index (χ1n) is 3.88. The smallest absolute Gasteiger partial charge is 0.211 e. The van der Waals surface area contributed by atoms with Crippen LogP contribution < -0.4 is 11.1 Å². The maximum Gasteiger partial charge on any atom is 0.211 e. The molecule has 1 aromatic carbocycles. The molecule has 0 aliphatic heterocycles. The molecule has 0 fully saturated rings. The molecule has 3 heteroatoms. The van der Waals surface area contributed by atoms with Gasteiger partial charge >= 0.3 is 0 Å². The van der Waals surface area contributed by atoms with E-state index in [1.807, 2.05) is 13.8 Å². The summed E-state index contributed by atoms with van der Waals surface area (Å²) < 4.78 is 0. The molecule has 1 rings (SSSR count). The molecule has 1 aromatic rings. The lowest BCUT2D eigenvalue weighted by Crippen LogP contribution is -1.94. The van der Waals surface area contributed by atoms with Crippen LogP contribution in [0.2, 0.25) is 0 Å². The molecular weight excluding hydrogens is 152 g/mol. The summed E-state index contributed by atoms with van der Waals surface area (Å²) in [7, 11) is 0. The SMILES string of the molecule is CC.Nc1cccc(NC=O)c1. The first-order chi connectivity index (χ1) is 5.83. The van der Waals surface area contributed by atoms with Crippen molar-refractivity contribution in [2.24, 2.45) is 0 Å². The fraction of sp³-hybridized carbons (Fsp3) is 0.222. The summed E-state index contributed by atoms with van der Waals surface area (Å²) in [4.78, 5) is 9.93. The zero-order chi connectivity index (χ0) is 9.40. The second-order valence-corrected chi connectivity index (χ2v) is 1.89. The zero-order valence-electron chi connectivity index (χ0n) is 7.37. The van der Waals surface area contributed by atoms with Gasteiger partial charge in [0.1, 0.15) is 0 Å². The maximum absolute atomic E-state index is 9.93. The van der Waals surface area contributed by atoms with E-state index in [0.717, 1.165) is 5.69 Å². The van der Waals surface area contributed by atoms with Gasteiger partial charge in [-0.15, -0.1) is 0 Å². The molecule has 0 atom stereocenters. The van der Waals surface area contributed by atoms with Gasteiger partial charge in [-0.25, -0.2) is 0 Å². The van der Waals surface area contributed by atoms with Crippen molar-refractivity contribution in [3.05, 3.63) is 24.3 Å². The van der Waals surface area contributed by atoms with Gasteiger partial charge in [0.2, 0.25) is 6.41 Å². The van der Waals surface area contributed by atoms with E-state index in [0.29, 0.717) is 12.1 Å². The number of anilines is 2. The topological polar surface area (TPSA) is 55.1 Å². The highest BCUT2D eigenvalue weighted by atomic mass is 16.1. The summed E-state index contributed by atoms with van der Waals surface area (Å²) in [6.45, 7) is 4.00. The highest BCUT2D eigenvalue weighted by Crippen LogP contribution is 2.09. The molecule has 66 valence electrons. The average Bonchev–Trinajstić information content (AvgIpc) is 2.09. The molecule has 0 heterocycles. The first kappa shape index (κ1) is 10.5. The fourth-order valence-corrected chi connectivity index (χ4v) is 0.696. The van der Waals surface area contributed by atoms with E-state index in [9.17, 15) is 4.79 Å². The lowest BCUT2D eigenvalue weighted by Gasteiger charge is -1.97. The van der Waals surface area contributed by atoms with E-state index in [2.05, 4.69) is 5.32 Å². The normalized spacial score (nSPS) is 7.83. The van der Waals surface area contributed by atoms with Crippen LogP contribution in [0.5, 0.6) is 0 Å². The van der Waals surface area contributed by atoms with Crippen molar-refractivity contribution in [1.82, 2.24) is 0 Å². The highest BCUT2D eigenvalue weighted by Gasteiger charge is 1.87. The Morgan fingerprint density at radius 1 is 1.42 bits per heavy atom. The molecule has 0 spiro atoms. The summed E-state index contributed by atoms with van der Waals surface area (Å²) >= 11 is 0. The Bertz CT molecular complexity index is 236. The largest absolute Gasteiger partial charge is 0.399 e. The van der Waals surface area contributed by atoms with Gasteiger partial charge in [-0.3, -0.25) is 4.79 Å². The Labute approximate surface area is 72.6 Å².